The molecule has 0 aliphatic rings. The number of rotatable bonds is 3. The van der Waals surface area contributed by atoms with Crippen molar-refractivity contribution in [3.05, 3.63) is 82.7 Å². The van der Waals surface area contributed by atoms with E-state index in [4.69, 9.17) is 0 Å². The molecular formula is C32H39NS. The summed E-state index contributed by atoms with van der Waals surface area (Å²) in [5.41, 5.74) is 9.26. The van der Waals surface area contributed by atoms with E-state index in [-0.39, 0.29) is 16.2 Å². The predicted octanol–water partition coefficient (Wildman–Crippen LogP) is 10.2. The molecule has 4 aromatic rings. The lowest BCUT2D eigenvalue weighted by molar-refractivity contribution is 0.569. The number of thiophene rings is 1. The van der Waals surface area contributed by atoms with Crippen LogP contribution in [0, 0.1) is 0 Å². The van der Waals surface area contributed by atoms with Crippen molar-refractivity contribution in [1.82, 2.24) is 0 Å². The summed E-state index contributed by atoms with van der Waals surface area (Å²) in [6.07, 6.45) is 0. The van der Waals surface area contributed by atoms with Crippen LogP contribution in [0.25, 0.3) is 21.2 Å². The molecule has 178 valence electrons. The molecule has 1 nitrogen and oxygen atoms in total. The summed E-state index contributed by atoms with van der Waals surface area (Å²) >= 11 is 1.80. The zero-order valence-electron chi connectivity index (χ0n) is 22.3. The first-order valence-corrected chi connectivity index (χ1v) is 13.2. The number of hydrogen-bond acceptors (Lipinski definition) is 2. The van der Waals surface area contributed by atoms with Crippen LogP contribution in [0.15, 0.2) is 66.0 Å². The van der Waals surface area contributed by atoms with Crippen LogP contribution in [0.5, 0.6) is 0 Å². The molecule has 2 heteroatoms. The van der Waals surface area contributed by atoms with Crippen LogP contribution < -0.4 is 5.32 Å². The Bertz CT molecular complexity index is 1290. The third kappa shape index (κ3) is 5.08. The molecule has 4 rings (SSSR count). The summed E-state index contributed by atoms with van der Waals surface area (Å²) in [6, 6.07) is 22.7. The summed E-state index contributed by atoms with van der Waals surface area (Å²) in [5.74, 6) is 0. The van der Waals surface area contributed by atoms with Crippen LogP contribution >= 0.6 is 11.3 Å². The second kappa shape index (κ2) is 8.57. The minimum atomic E-state index is 0.0886. The van der Waals surface area contributed by atoms with Crippen LogP contribution in [0.4, 0.5) is 11.4 Å². The summed E-state index contributed by atoms with van der Waals surface area (Å²) in [7, 11) is 0. The Balaban J connectivity index is 1.83. The topological polar surface area (TPSA) is 12.0 Å². The third-order valence-corrected chi connectivity index (χ3v) is 7.58. The van der Waals surface area contributed by atoms with E-state index in [1.807, 2.05) is 0 Å². The van der Waals surface area contributed by atoms with E-state index in [9.17, 15) is 0 Å². The molecule has 0 aliphatic carbocycles. The Kier molecular flexibility index (Phi) is 6.19. The van der Waals surface area contributed by atoms with Gasteiger partial charge in [0.15, 0.2) is 0 Å². The Hall–Kier alpha value is -2.58. The molecule has 0 amide bonds. The highest BCUT2D eigenvalue weighted by molar-refractivity contribution is 7.17. The van der Waals surface area contributed by atoms with Crippen molar-refractivity contribution in [2.24, 2.45) is 0 Å². The molecule has 1 aromatic heterocycles. The fourth-order valence-corrected chi connectivity index (χ4v) is 5.10. The minimum Gasteiger partial charge on any atom is -0.354 e. The van der Waals surface area contributed by atoms with Crippen molar-refractivity contribution >= 4 is 32.8 Å². The second-order valence-electron chi connectivity index (χ2n) is 12.6. The number of nitrogens with one attached hydrogen (secondary N) is 1. The molecule has 0 saturated heterocycles. The highest BCUT2D eigenvalue weighted by Gasteiger charge is 2.22. The van der Waals surface area contributed by atoms with Crippen molar-refractivity contribution in [1.29, 1.82) is 0 Å². The smallest absolute Gasteiger partial charge is 0.0573 e. The molecule has 0 unspecified atom stereocenters. The van der Waals surface area contributed by atoms with Crippen LogP contribution in [0.2, 0.25) is 0 Å². The average Bonchev–Trinajstić information content (AvgIpc) is 3.14. The normalized spacial score (nSPS) is 12.9. The zero-order valence-corrected chi connectivity index (χ0v) is 23.1. The van der Waals surface area contributed by atoms with Crippen molar-refractivity contribution in [2.45, 2.75) is 78.6 Å². The minimum absolute atomic E-state index is 0.0886. The fraction of sp³-hybridized carbons (Fsp3) is 0.375. The molecule has 1 N–H and O–H groups in total. The quantitative estimate of drug-likeness (QED) is 0.315. The van der Waals surface area contributed by atoms with E-state index in [0.29, 0.717) is 0 Å². The first kappa shape index (κ1) is 24.5. The molecule has 0 aliphatic heterocycles. The highest BCUT2D eigenvalue weighted by atomic mass is 32.1. The first-order valence-electron chi connectivity index (χ1n) is 12.3. The van der Waals surface area contributed by atoms with E-state index in [2.05, 4.69) is 134 Å². The van der Waals surface area contributed by atoms with E-state index < -0.39 is 0 Å². The Labute approximate surface area is 210 Å². The standard InChI is InChI=1S/C32H39NS/c1-30(2,3)22-14-15-29-26(19-22)28(20-34-29)33-27-13-11-10-12-25(27)21-16-23(31(4,5)6)18-24(17-21)32(7,8)9/h10-20,33H,1-9H3. The fourth-order valence-electron chi connectivity index (χ4n) is 4.23. The van der Waals surface area contributed by atoms with Gasteiger partial charge < -0.3 is 5.32 Å². The lowest BCUT2D eigenvalue weighted by atomic mass is 9.79. The van der Waals surface area contributed by atoms with Gasteiger partial charge in [-0.15, -0.1) is 11.3 Å². The van der Waals surface area contributed by atoms with E-state index in [1.54, 1.807) is 11.3 Å². The Morgan fingerprint density at radius 2 is 1.18 bits per heavy atom. The third-order valence-electron chi connectivity index (χ3n) is 6.61. The van der Waals surface area contributed by atoms with Gasteiger partial charge in [-0.25, -0.2) is 0 Å². The number of benzene rings is 3. The maximum Gasteiger partial charge on any atom is 0.0573 e. The number of fused-ring (bicyclic) bond motifs is 1. The van der Waals surface area contributed by atoms with Gasteiger partial charge in [-0.3, -0.25) is 0 Å². The largest absolute Gasteiger partial charge is 0.354 e. The van der Waals surface area contributed by atoms with Crippen LogP contribution in [0.1, 0.15) is 79.0 Å². The predicted molar refractivity (Wildman–Crippen MR) is 153 cm³/mol. The van der Waals surface area contributed by atoms with E-state index >= 15 is 0 Å². The van der Waals surface area contributed by atoms with Crippen molar-refractivity contribution in [2.75, 3.05) is 5.32 Å². The lowest BCUT2D eigenvalue weighted by Crippen LogP contribution is -2.16. The van der Waals surface area contributed by atoms with Gasteiger partial charge in [-0.1, -0.05) is 105 Å². The molecule has 34 heavy (non-hydrogen) atoms. The van der Waals surface area contributed by atoms with Gasteiger partial charge in [0, 0.05) is 26.7 Å². The summed E-state index contributed by atoms with van der Waals surface area (Å²) < 4.78 is 1.32. The van der Waals surface area contributed by atoms with Crippen LogP contribution in [-0.2, 0) is 16.2 Å². The van der Waals surface area contributed by atoms with E-state index in [1.165, 1.54) is 43.6 Å². The van der Waals surface area contributed by atoms with Crippen molar-refractivity contribution < 1.29 is 0 Å². The van der Waals surface area contributed by atoms with Gasteiger partial charge in [-0.2, -0.15) is 0 Å². The summed E-state index contributed by atoms with van der Waals surface area (Å²) in [6.45, 7) is 20.6. The zero-order chi connectivity index (χ0) is 24.9. The number of anilines is 2. The van der Waals surface area contributed by atoms with Gasteiger partial charge in [-0.05, 0) is 56.7 Å². The van der Waals surface area contributed by atoms with Gasteiger partial charge in [0.25, 0.3) is 0 Å². The van der Waals surface area contributed by atoms with Crippen LogP contribution in [0.3, 0.4) is 0 Å². The van der Waals surface area contributed by atoms with Gasteiger partial charge >= 0.3 is 0 Å². The van der Waals surface area contributed by atoms with Gasteiger partial charge in [0.1, 0.15) is 0 Å². The van der Waals surface area contributed by atoms with Crippen molar-refractivity contribution in [3.8, 4) is 11.1 Å². The van der Waals surface area contributed by atoms with Crippen molar-refractivity contribution in [3.63, 3.8) is 0 Å². The molecule has 0 atom stereocenters. The molecule has 1 heterocycles. The monoisotopic (exact) mass is 469 g/mol. The maximum atomic E-state index is 3.80. The first-order chi connectivity index (χ1) is 15.7. The number of para-hydroxylation sites is 1. The van der Waals surface area contributed by atoms with E-state index in [0.717, 1.165) is 5.69 Å². The number of hydrogen-bond donors (Lipinski definition) is 1. The molecular weight excluding hydrogens is 430 g/mol. The highest BCUT2D eigenvalue weighted by Crippen LogP contribution is 2.40. The van der Waals surface area contributed by atoms with Gasteiger partial charge in [0.05, 0.1) is 5.69 Å². The molecule has 3 aromatic carbocycles. The molecule has 0 saturated carbocycles. The lowest BCUT2D eigenvalue weighted by Gasteiger charge is -2.26. The molecule has 0 bridgehead atoms. The maximum absolute atomic E-state index is 3.80. The SMILES string of the molecule is CC(C)(C)c1cc(-c2ccccc2Nc2csc3ccc(C(C)(C)C)cc23)cc(C(C)(C)C)c1. The van der Waals surface area contributed by atoms with Crippen LogP contribution in [-0.4, -0.2) is 0 Å². The second-order valence-corrected chi connectivity index (χ2v) is 13.5. The molecule has 0 radical (unpaired) electrons. The molecule has 0 spiro atoms. The average molecular weight is 470 g/mol. The molecule has 0 fully saturated rings. The Morgan fingerprint density at radius 1 is 0.588 bits per heavy atom. The summed E-state index contributed by atoms with van der Waals surface area (Å²) in [5, 5.41) is 7.35. The Morgan fingerprint density at radius 3 is 1.76 bits per heavy atom. The summed E-state index contributed by atoms with van der Waals surface area (Å²) in [4.78, 5) is 0. The van der Waals surface area contributed by atoms with Gasteiger partial charge in [0.2, 0.25) is 0 Å².